The topological polar surface area (TPSA) is 20.2 Å². The van der Waals surface area contributed by atoms with Crippen LogP contribution in [-0.4, -0.2) is 11.2 Å². The number of hydrogen-bond donors (Lipinski definition) is 1. The van der Waals surface area contributed by atoms with E-state index in [2.05, 4.69) is 40.7 Å². The Hall–Kier alpha value is -0.560. The van der Waals surface area contributed by atoms with E-state index >= 15 is 0 Å². The van der Waals surface area contributed by atoms with Gasteiger partial charge in [0.25, 0.3) is 0 Å². The van der Waals surface area contributed by atoms with Crippen molar-refractivity contribution in [2.24, 2.45) is 22.7 Å². The molecule has 21 heavy (non-hydrogen) atoms. The molecule has 0 aromatic heterocycles. The van der Waals surface area contributed by atoms with Crippen LogP contribution in [0.1, 0.15) is 73.1 Å². The van der Waals surface area contributed by atoms with Gasteiger partial charge in [0, 0.05) is 5.92 Å². The molecule has 1 nitrogen and oxygen atoms in total. The monoisotopic (exact) mass is 288 g/mol. The summed E-state index contributed by atoms with van der Waals surface area (Å²) in [5.41, 5.74) is 5.16. The standard InChI is InChI=1S/C20H32O/c1-13-8-9-16-18(21)17-14(2)7-6-11-20(17,5)12-10-15(13)19(16,3)4/h7,16-18,21H,6,8-12H2,1-5H3/t16-,17-,18+,20-/m0/s1. The van der Waals surface area contributed by atoms with Crippen LogP contribution in [0.3, 0.4) is 0 Å². The van der Waals surface area contributed by atoms with Crippen molar-refractivity contribution in [2.75, 3.05) is 0 Å². The van der Waals surface area contributed by atoms with Crippen LogP contribution in [-0.2, 0) is 0 Å². The lowest BCUT2D eigenvalue weighted by Crippen LogP contribution is -2.50. The molecule has 3 aliphatic rings. The summed E-state index contributed by atoms with van der Waals surface area (Å²) in [6.45, 7) is 11.8. The lowest BCUT2D eigenvalue weighted by molar-refractivity contribution is -0.0529. The largest absolute Gasteiger partial charge is 0.392 e. The molecule has 0 aromatic carbocycles. The highest BCUT2D eigenvalue weighted by molar-refractivity contribution is 5.28. The third-order valence-corrected chi connectivity index (χ3v) is 7.17. The van der Waals surface area contributed by atoms with Crippen molar-refractivity contribution in [1.82, 2.24) is 0 Å². The van der Waals surface area contributed by atoms with E-state index in [1.54, 1.807) is 11.1 Å². The molecule has 1 N–H and O–H groups in total. The Morgan fingerprint density at radius 3 is 2.52 bits per heavy atom. The molecule has 1 heteroatoms. The summed E-state index contributed by atoms with van der Waals surface area (Å²) in [6, 6.07) is 0. The molecular formula is C20H32O. The summed E-state index contributed by atoms with van der Waals surface area (Å²) in [4.78, 5) is 0. The van der Waals surface area contributed by atoms with Gasteiger partial charge in [-0.25, -0.2) is 0 Å². The fourth-order valence-electron chi connectivity index (χ4n) is 5.86. The van der Waals surface area contributed by atoms with Gasteiger partial charge in [0.05, 0.1) is 6.10 Å². The molecule has 118 valence electrons. The summed E-state index contributed by atoms with van der Waals surface area (Å²) in [6.07, 6.45) is 9.46. The molecule has 2 bridgehead atoms. The van der Waals surface area contributed by atoms with Gasteiger partial charge in [-0.15, -0.1) is 0 Å². The number of rotatable bonds is 0. The second-order valence-electron chi connectivity index (χ2n) is 8.73. The van der Waals surface area contributed by atoms with E-state index in [9.17, 15) is 5.11 Å². The Balaban J connectivity index is 2.08. The number of fused-ring (bicyclic) bond motifs is 3. The van der Waals surface area contributed by atoms with Crippen LogP contribution in [0.15, 0.2) is 22.8 Å². The second kappa shape index (κ2) is 4.98. The van der Waals surface area contributed by atoms with Crippen LogP contribution < -0.4 is 0 Å². The first kappa shape index (κ1) is 15.3. The van der Waals surface area contributed by atoms with E-state index in [1.165, 1.54) is 37.7 Å². The van der Waals surface area contributed by atoms with Crippen LogP contribution >= 0.6 is 0 Å². The highest BCUT2D eigenvalue weighted by Gasteiger charge is 2.51. The average Bonchev–Trinajstić information content (AvgIpc) is 2.36. The van der Waals surface area contributed by atoms with Crippen LogP contribution in [0, 0.1) is 22.7 Å². The number of aliphatic hydroxyl groups is 1. The molecule has 0 aromatic rings. The third-order valence-electron chi connectivity index (χ3n) is 7.17. The quantitative estimate of drug-likeness (QED) is 0.603. The highest BCUT2D eigenvalue weighted by Crippen LogP contribution is 2.57. The summed E-state index contributed by atoms with van der Waals surface area (Å²) in [5, 5.41) is 11.3. The molecule has 3 aliphatic carbocycles. The van der Waals surface area contributed by atoms with Gasteiger partial charge in [0.15, 0.2) is 0 Å². The Bertz CT molecular complexity index is 496. The van der Waals surface area contributed by atoms with Crippen LogP contribution in [0.4, 0.5) is 0 Å². The lowest BCUT2D eigenvalue weighted by Gasteiger charge is -2.54. The zero-order valence-electron chi connectivity index (χ0n) is 14.5. The van der Waals surface area contributed by atoms with Crippen LogP contribution in [0.2, 0.25) is 0 Å². The maximum atomic E-state index is 11.3. The van der Waals surface area contributed by atoms with E-state index in [0.29, 0.717) is 11.8 Å². The van der Waals surface area contributed by atoms with E-state index in [1.807, 2.05) is 0 Å². The molecular weight excluding hydrogens is 256 g/mol. The highest BCUT2D eigenvalue weighted by atomic mass is 16.3. The maximum Gasteiger partial charge on any atom is 0.0647 e. The minimum atomic E-state index is -0.176. The predicted octanol–water partition coefficient (Wildman–Crippen LogP) is 5.26. The zero-order chi connectivity index (χ0) is 15.4. The summed E-state index contributed by atoms with van der Waals surface area (Å²) < 4.78 is 0. The Morgan fingerprint density at radius 2 is 1.81 bits per heavy atom. The minimum Gasteiger partial charge on any atom is -0.392 e. The average molecular weight is 288 g/mol. The van der Waals surface area contributed by atoms with Gasteiger partial charge < -0.3 is 5.11 Å². The molecule has 0 heterocycles. The number of hydrogen-bond acceptors (Lipinski definition) is 1. The van der Waals surface area contributed by atoms with Gasteiger partial charge >= 0.3 is 0 Å². The van der Waals surface area contributed by atoms with Crippen molar-refractivity contribution in [3.63, 3.8) is 0 Å². The molecule has 1 saturated carbocycles. The molecule has 0 radical (unpaired) electrons. The van der Waals surface area contributed by atoms with Crippen molar-refractivity contribution < 1.29 is 5.11 Å². The molecule has 0 spiro atoms. The van der Waals surface area contributed by atoms with E-state index in [-0.39, 0.29) is 16.9 Å². The molecule has 0 unspecified atom stereocenters. The molecule has 1 fully saturated rings. The fourth-order valence-corrected chi connectivity index (χ4v) is 5.86. The molecule has 4 atom stereocenters. The van der Waals surface area contributed by atoms with Gasteiger partial charge in [-0.05, 0) is 69.1 Å². The first-order valence-corrected chi connectivity index (χ1v) is 8.81. The first-order chi connectivity index (χ1) is 9.77. The van der Waals surface area contributed by atoms with Gasteiger partial charge in [-0.3, -0.25) is 0 Å². The molecule has 3 rings (SSSR count). The summed E-state index contributed by atoms with van der Waals surface area (Å²) in [7, 11) is 0. The smallest absolute Gasteiger partial charge is 0.0647 e. The molecule has 0 amide bonds. The molecule has 0 aliphatic heterocycles. The van der Waals surface area contributed by atoms with Gasteiger partial charge in [-0.1, -0.05) is 43.6 Å². The number of allylic oxidation sites excluding steroid dienone is 3. The van der Waals surface area contributed by atoms with Crippen molar-refractivity contribution in [3.8, 4) is 0 Å². The Morgan fingerprint density at radius 1 is 1.10 bits per heavy atom. The van der Waals surface area contributed by atoms with Crippen molar-refractivity contribution in [1.29, 1.82) is 0 Å². The van der Waals surface area contributed by atoms with Crippen molar-refractivity contribution >= 4 is 0 Å². The van der Waals surface area contributed by atoms with Gasteiger partial charge in [0.2, 0.25) is 0 Å². The minimum absolute atomic E-state index is 0.167. The van der Waals surface area contributed by atoms with Crippen molar-refractivity contribution in [3.05, 3.63) is 22.8 Å². The lowest BCUT2D eigenvalue weighted by atomic mass is 9.52. The first-order valence-electron chi connectivity index (χ1n) is 8.81. The summed E-state index contributed by atoms with van der Waals surface area (Å²) >= 11 is 0. The number of aliphatic hydroxyl groups excluding tert-OH is 1. The van der Waals surface area contributed by atoms with E-state index in [0.717, 1.165) is 6.42 Å². The predicted molar refractivity (Wildman–Crippen MR) is 89.0 cm³/mol. The van der Waals surface area contributed by atoms with Gasteiger partial charge in [-0.2, -0.15) is 0 Å². The second-order valence-corrected chi connectivity index (χ2v) is 8.73. The fraction of sp³-hybridized carbons (Fsp3) is 0.800. The third kappa shape index (κ3) is 2.23. The SMILES string of the molecule is CC1=CCC[C@@]2(C)CCC3=C(C)CC[C@@H]([C@@H](O)[C@H]12)C3(C)C. The Labute approximate surface area is 130 Å². The van der Waals surface area contributed by atoms with E-state index in [4.69, 9.17) is 0 Å². The molecule has 0 saturated heterocycles. The van der Waals surface area contributed by atoms with Crippen LogP contribution in [0.5, 0.6) is 0 Å². The van der Waals surface area contributed by atoms with Crippen molar-refractivity contribution in [2.45, 2.75) is 79.2 Å². The summed E-state index contributed by atoms with van der Waals surface area (Å²) in [5.74, 6) is 0.790. The Kier molecular flexibility index (Phi) is 3.64. The van der Waals surface area contributed by atoms with E-state index < -0.39 is 0 Å². The van der Waals surface area contributed by atoms with Crippen LogP contribution in [0.25, 0.3) is 0 Å². The maximum absolute atomic E-state index is 11.3. The van der Waals surface area contributed by atoms with Gasteiger partial charge in [0.1, 0.15) is 0 Å². The normalized spacial score (nSPS) is 42.8. The zero-order valence-corrected chi connectivity index (χ0v) is 14.5.